The van der Waals surface area contributed by atoms with Gasteiger partial charge >= 0.3 is 0 Å². The van der Waals surface area contributed by atoms with Crippen LogP contribution in [0.5, 0.6) is 0 Å². The fourth-order valence-electron chi connectivity index (χ4n) is 1.56. The first-order valence-corrected chi connectivity index (χ1v) is 5.07. The summed E-state index contributed by atoms with van der Waals surface area (Å²) in [6, 6.07) is 8.07. The summed E-state index contributed by atoms with van der Waals surface area (Å²) in [5, 5.41) is 0. The molecule has 0 aromatic heterocycles. The van der Waals surface area contributed by atoms with Gasteiger partial charge in [0.05, 0.1) is 13.2 Å². The van der Waals surface area contributed by atoms with Gasteiger partial charge in [0.2, 0.25) is 0 Å². The molecule has 0 bridgehead atoms. The lowest BCUT2D eigenvalue weighted by Crippen LogP contribution is -2.36. The molecule has 0 amide bonds. The van der Waals surface area contributed by atoms with Crippen LogP contribution < -0.4 is 9.74 Å². The maximum Gasteiger partial charge on any atom is 0.0642 e. The molecule has 1 saturated heterocycles. The molecule has 0 saturated carbocycles. The van der Waals surface area contributed by atoms with E-state index in [2.05, 4.69) is 21.9 Å². The average molecular weight is 213 g/mol. The summed E-state index contributed by atoms with van der Waals surface area (Å²) in [6.07, 6.45) is 0. The Morgan fingerprint density at radius 1 is 1.14 bits per heavy atom. The first kappa shape index (κ1) is 9.62. The van der Waals surface area contributed by atoms with E-state index in [0.717, 1.165) is 32.0 Å². The summed E-state index contributed by atoms with van der Waals surface area (Å²) >= 11 is 5.48. The van der Waals surface area contributed by atoms with Gasteiger partial charge < -0.3 is 9.64 Å². The Labute approximate surface area is 88.7 Å². The van der Waals surface area contributed by atoms with Crippen molar-refractivity contribution in [3.63, 3.8) is 0 Å². The van der Waals surface area contributed by atoms with Crippen molar-refractivity contribution in [1.29, 1.82) is 0 Å². The van der Waals surface area contributed by atoms with Crippen molar-refractivity contribution < 1.29 is 4.74 Å². The van der Waals surface area contributed by atoms with Crippen molar-refractivity contribution >= 4 is 23.2 Å². The predicted octanol–water partition coefficient (Wildman–Crippen LogP) is 2.09. The normalized spacial score (nSPS) is 16.8. The molecular weight excluding hydrogens is 200 g/mol. The van der Waals surface area contributed by atoms with E-state index in [1.54, 1.807) is 0 Å². The van der Waals surface area contributed by atoms with E-state index >= 15 is 0 Å². The number of nitrogens with one attached hydrogen (secondary N) is 1. The molecule has 0 atom stereocenters. The van der Waals surface area contributed by atoms with Crippen LogP contribution in [-0.4, -0.2) is 26.3 Å². The highest BCUT2D eigenvalue weighted by Crippen LogP contribution is 2.19. The molecule has 0 spiro atoms. The molecular formula is C10H13ClN2O. The number of anilines is 2. The lowest BCUT2D eigenvalue weighted by molar-refractivity contribution is 0.122. The third-order valence-corrected chi connectivity index (χ3v) is 2.57. The van der Waals surface area contributed by atoms with E-state index in [-0.39, 0.29) is 0 Å². The Bertz CT molecular complexity index is 283. The highest BCUT2D eigenvalue weighted by Gasteiger charge is 2.10. The van der Waals surface area contributed by atoms with Gasteiger partial charge in [-0.15, -0.1) is 0 Å². The first-order chi connectivity index (χ1) is 6.90. The van der Waals surface area contributed by atoms with E-state index in [1.165, 1.54) is 5.69 Å². The molecule has 1 aromatic carbocycles. The molecule has 1 fully saturated rings. The fourth-order valence-corrected chi connectivity index (χ4v) is 1.68. The summed E-state index contributed by atoms with van der Waals surface area (Å²) in [5.74, 6) is 0. The quantitative estimate of drug-likeness (QED) is 0.760. The van der Waals surface area contributed by atoms with Crippen molar-refractivity contribution in [3.05, 3.63) is 24.3 Å². The third kappa shape index (κ3) is 2.11. The molecule has 0 aliphatic carbocycles. The van der Waals surface area contributed by atoms with Gasteiger partial charge in [0.1, 0.15) is 0 Å². The SMILES string of the molecule is ClNc1ccc(N2CCOCC2)cc1. The van der Waals surface area contributed by atoms with Crippen LogP contribution in [0.15, 0.2) is 24.3 Å². The van der Waals surface area contributed by atoms with Crippen molar-refractivity contribution in [2.45, 2.75) is 0 Å². The Kier molecular flexibility index (Phi) is 3.11. The predicted molar refractivity (Wildman–Crippen MR) is 58.9 cm³/mol. The van der Waals surface area contributed by atoms with Gasteiger partial charge in [0, 0.05) is 36.2 Å². The maximum atomic E-state index is 5.48. The summed E-state index contributed by atoms with van der Waals surface area (Å²) in [5.41, 5.74) is 2.15. The van der Waals surface area contributed by atoms with Crippen molar-refractivity contribution in [2.24, 2.45) is 0 Å². The summed E-state index contributed by atoms with van der Waals surface area (Å²) in [7, 11) is 0. The van der Waals surface area contributed by atoms with Crippen LogP contribution in [0.3, 0.4) is 0 Å². The zero-order valence-electron chi connectivity index (χ0n) is 7.87. The number of morpholine rings is 1. The second kappa shape index (κ2) is 4.53. The van der Waals surface area contributed by atoms with Crippen LogP contribution in [0.25, 0.3) is 0 Å². The van der Waals surface area contributed by atoms with Gasteiger partial charge in [-0.3, -0.25) is 4.84 Å². The molecule has 1 aliphatic rings. The molecule has 3 nitrogen and oxygen atoms in total. The van der Waals surface area contributed by atoms with Crippen LogP contribution in [0.4, 0.5) is 11.4 Å². The number of ether oxygens (including phenoxy) is 1. The fraction of sp³-hybridized carbons (Fsp3) is 0.400. The molecule has 0 unspecified atom stereocenters. The summed E-state index contributed by atoms with van der Waals surface area (Å²) < 4.78 is 5.29. The second-order valence-corrected chi connectivity index (χ2v) is 3.43. The van der Waals surface area contributed by atoms with Crippen LogP contribution >= 0.6 is 11.8 Å². The lowest BCUT2D eigenvalue weighted by atomic mass is 10.2. The van der Waals surface area contributed by atoms with E-state index in [9.17, 15) is 0 Å². The number of halogens is 1. The van der Waals surface area contributed by atoms with E-state index in [4.69, 9.17) is 16.5 Å². The molecule has 14 heavy (non-hydrogen) atoms. The number of nitrogens with zero attached hydrogens (tertiary/aromatic N) is 1. The molecule has 1 N–H and O–H groups in total. The number of rotatable bonds is 2. The van der Waals surface area contributed by atoms with Crippen LogP contribution in [0.1, 0.15) is 0 Å². The second-order valence-electron chi connectivity index (χ2n) is 3.24. The minimum absolute atomic E-state index is 0.815. The zero-order chi connectivity index (χ0) is 9.80. The van der Waals surface area contributed by atoms with Gasteiger partial charge in [0.15, 0.2) is 0 Å². The van der Waals surface area contributed by atoms with Gasteiger partial charge in [-0.25, -0.2) is 0 Å². The molecule has 0 radical (unpaired) electrons. The van der Waals surface area contributed by atoms with Crippen molar-refractivity contribution in [1.82, 2.24) is 0 Å². The Morgan fingerprint density at radius 3 is 2.36 bits per heavy atom. The third-order valence-electron chi connectivity index (χ3n) is 2.35. The average Bonchev–Trinajstić information content (AvgIpc) is 2.30. The van der Waals surface area contributed by atoms with Gasteiger partial charge in [-0.2, -0.15) is 0 Å². The molecule has 4 heteroatoms. The highest BCUT2D eigenvalue weighted by atomic mass is 35.5. The molecule has 1 heterocycles. The number of hydrogen-bond donors (Lipinski definition) is 1. The van der Waals surface area contributed by atoms with E-state index in [0.29, 0.717) is 0 Å². The standard InChI is InChI=1S/C10H13ClN2O/c11-12-9-1-3-10(4-2-9)13-5-7-14-8-6-13/h1-4,12H,5-8H2. The number of benzene rings is 1. The van der Waals surface area contributed by atoms with Gasteiger partial charge in [-0.1, -0.05) is 0 Å². The molecule has 1 aliphatic heterocycles. The molecule has 76 valence electrons. The highest BCUT2D eigenvalue weighted by molar-refractivity contribution is 6.23. The Hall–Kier alpha value is -0.930. The van der Waals surface area contributed by atoms with Gasteiger partial charge in [-0.05, 0) is 24.3 Å². The Balaban J connectivity index is 2.07. The van der Waals surface area contributed by atoms with Crippen LogP contribution in [0.2, 0.25) is 0 Å². The van der Waals surface area contributed by atoms with Crippen molar-refractivity contribution in [2.75, 3.05) is 36.0 Å². The van der Waals surface area contributed by atoms with Crippen LogP contribution in [0, 0.1) is 0 Å². The smallest absolute Gasteiger partial charge is 0.0642 e. The van der Waals surface area contributed by atoms with E-state index in [1.807, 2.05) is 12.1 Å². The summed E-state index contributed by atoms with van der Waals surface area (Å²) in [4.78, 5) is 4.89. The molecule has 2 rings (SSSR count). The minimum atomic E-state index is 0.815. The zero-order valence-corrected chi connectivity index (χ0v) is 8.63. The van der Waals surface area contributed by atoms with E-state index < -0.39 is 0 Å². The van der Waals surface area contributed by atoms with Gasteiger partial charge in [0.25, 0.3) is 0 Å². The number of hydrogen-bond acceptors (Lipinski definition) is 3. The Morgan fingerprint density at radius 2 is 1.79 bits per heavy atom. The summed E-state index contributed by atoms with van der Waals surface area (Å²) in [6.45, 7) is 3.56. The monoisotopic (exact) mass is 212 g/mol. The van der Waals surface area contributed by atoms with Crippen molar-refractivity contribution in [3.8, 4) is 0 Å². The topological polar surface area (TPSA) is 24.5 Å². The largest absolute Gasteiger partial charge is 0.378 e. The lowest BCUT2D eigenvalue weighted by Gasteiger charge is -2.28. The maximum absolute atomic E-state index is 5.48. The van der Waals surface area contributed by atoms with Crippen LogP contribution in [-0.2, 0) is 4.74 Å². The molecule has 1 aromatic rings. The minimum Gasteiger partial charge on any atom is -0.378 e. The first-order valence-electron chi connectivity index (χ1n) is 4.69.